The molecule has 0 saturated carbocycles. The number of aromatic nitrogens is 1. The zero-order valence-corrected chi connectivity index (χ0v) is 22.9. The van der Waals surface area contributed by atoms with Crippen LogP contribution in [-0.2, 0) is 19.6 Å². The summed E-state index contributed by atoms with van der Waals surface area (Å²) in [5, 5.41) is 6.01. The van der Waals surface area contributed by atoms with Gasteiger partial charge in [-0.15, -0.1) is 0 Å². The van der Waals surface area contributed by atoms with Gasteiger partial charge in [-0.1, -0.05) is 19.9 Å². The highest BCUT2D eigenvalue weighted by Crippen LogP contribution is 2.24. The molecule has 0 bridgehead atoms. The van der Waals surface area contributed by atoms with E-state index in [2.05, 4.69) is 15.6 Å². The van der Waals surface area contributed by atoms with Crippen molar-refractivity contribution in [2.45, 2.75) is 50.2 Å². The van der Waals surface area contributed by atoms with Gasteiger partial charge in [0.05, 0.1) is 19.7 Å². The number of hydrogen-bond acceptors (Lipinski definition) is 8. The Hall–Kier alpha value is -3.77. The monoisotopic (exact) mass is 556 g/mol. The Labute approximate surface area is 227 Å². The van der Waals surface area contributed by atoms with Crippen LogP contribution in [0.15, 0.2) is 58.1 Å². The first-order valence-corrected chi connectivity index (χ1v) is 14.1. The Morgan fingerprint density at radius 1 is 1.21 bits per heavy atom. The van der Waals surface area contributed by atoms with Gasteiger partial charge in [0, 0.05) is 18.1 Å². The molecule has 11 nitrogen and oxygen atoms in total. The van der Waals surface area contributed by atoms with Crippen LogP contribution >= 0.6 is 0 Å². The number of nitrogens with one attached hydrogen (secondary N) is 2. The van der Waals surface area contributed by atoms with Crippen LogP contribution in [0.1, 0.15) is 43.7 Å². The Morgan fingerprint density at radius 3 is 2.69 bits per heavy atom. The van der Waals surface area contributed by atoms with Crippen molar-refractivity contribution in [3.05, 3.63) is 54.4 Å². The smallest absolute Gasteiger partial charge is 0.287 e. The lowest BCUT2D eigenvalue weighted by Gasteiger charge is -2.23. The van der Waals surface area contributed by atoms with Gasteiger partial charge in [0.25, 0.3) is 15.9 Å². The second kappa shape index (κ2) is 12.0. The fourth-order valence-corrected chi connectivity index (χ4v) is 5.83. The lowest BCUT2D eigenvalue weighted by atomic mass is 10.0. The summed E-state index contributed by atoms with van der Waals surface area (Å²) in [4.78, 5) is 43.2. The van der Waals surface area contributed by atoms with E-state index in [9.17, 15) is 22.8 Å². The minimum Gasteiger partial charge on any atom is -0.497 e. The third-order valence-corrected chi connectivity index (χ3v) is 8.22. The average Bonchev–Trinajstić information content (AvgIpc) is 3.26. The summed E-state index contributed by atoms with van der Waals surface area (Å²) in [6.45, 7) is 3.57. The summed E-state index contributed by atoms with van der Waals surface area (Å²) < 4.78 is 37.9. The van der Waals surface area contributed by atoms with Gasteiger partial charge in [-0.25, -0.2) is 13.4 Å². The fourth-order valence-electron chi connectivity index (χ4n) is 4.45. The number of ether oxygens (including phenoxy) is 1. The predicted molar refractivity (Wildman–Crippen MR) is 143 cm³/mol. The molecule has 39 heavy (non-hydrogen) atoms. The van der Waals surface area contributed by atoms with E-state index in [1.165, 1.54) is 12.3 Å². The number of amides is 2. The molecule has 2 N–H and O–H groups in total. The number of carbonyl (C=O) groups excluding carboxylic acids is 3. The lowest BCUT2D eigenvalue weighted by molar-refractivity contribution is -0.129. The average molecular weight is 557 g/mol. The molecule has 4 rings (SSSR count). The Bertz CT molecular complexity index is 1450. The number of hydrogen-bond donors (Lipinski definition) is 2. The maximum atomic E-state index is 13.3. The topological polar surface area (TPSA) is 148 Å². The molecule has 2 amide bonds. The van der Waals surface area contributed by atoms with Crippen molar-refractivity contribution in [2.24, 2.45) is 5.92 Å². The van der Waals surface area contributed by atoms with E-state index in [0.717, 1.165) is 4.31 Å². The lowest BCUT2D eigenvalue weighted by Crippen LogP contribution is -2.52. The van der Waals surface area contributed by atoms with Crippen molar-refractivity contribution in [3.8, 4) is 5.75 Å². The summed E-state index contributed by atoms with van der Waals surface area (Å²) in [5.41, 5.74) is 0.500. The highest BCUT2D eigenvalue weighted by Gasteiger charge is 2.35. The van der Waals surface area contributed by atoms with E-state index in [1.807, 2.05) is 13.8 Å². The maximum Gasteiger partial charge on any atom is 0.287 e. The number of rotatable bonds is 9. The third-order valence-electron chi connectivity index (χ3n) is 6.46. The predicted octanol–water partition coefficient (Wildman–Crippen LogP) is 2.52. The summed E-state index contributed by atoms with van der Waals surface area (Å²) in [6.07, 6.45) is 2.34. The minimum absolute atomic E-state index is 0.0423. The van der Waals surface area contributed by atoms with E-state index in [0.29, 0.717) is 29.6 Å². The number of sulfonamides is 1. The molecule has 0 unspecified atom stereocenters. The molecule has 0 spiro atoms. The number of pyridine rings is 1. The highest BCUT2D eigenvalue weighted by molar-refractivity contribution is 7.89. The molecule has 1 saturated heterocycles. The summed E-state index contributed by atoms with van der Waals surface area (Å²) in [5.74, 6) is -0.793. The molecule has 208 valence electrons. The number of furan rings is 1. The van der Waals surface area contributed by atoms with Crippen LogP contribution in [0.25, 0.3) is 11.0 Å². The second-order valence-corrected chi connectivity index (χ2v) is 11.7. The SMILES string of the molecule is COc1ccc2oc(C(=O)N[C@@H](CC(C)C)C(=O)N[C@@H]3CCCN(S(=O)(=O)c4ccccn4)CC3=O)cc2c1. The molecule has 1 aliphatic heterocycles. The van der Waals surface area contributed by atoms with Crippen molar-refractivity contribution in [3.63, 3.8) is 0 Å². The van der Waals surface area contributed by atoms with Crippen LogP contribution in [0.2, 0.25) is 0 Å². The molecule has 0 aliphatic carbocycles. The Balaban J connectivity index is 1.44. The number of methoxy groups -OCH3 is 1. The molecule has 2 aromatic heterocycles. The van der Waals surface area contributed by atoms with Gasteiger partial charge in [0.1, 0.15) is 17.4 Å². The number of fused-ring (bicyclic) bond motifs is 1. The summed E-state index contributed by atoms with van der Waals surface area (Å²) in [7, 11) is -2.41. The second-order valence-electron chi connectivity index (χ2n) is 9.85. The van der Waals surface area contributed by atoms with Gasteiger partial charge in [-0.3, -0.25) is 14.4 Å². The van der Waals surface area contributed by atoms with Crippen LogP contribution in [0.5, 0.6) is 5.75 Å². The molecule has 2 atom stereocenters. The molecule has 3 heterocycles. The first-order valence-electron chi connectivity index (χ1n) is 12.7. The molecule has 1 aliphatic rings. The Kier molecular flexibility index (Phi) is 8.66. The standard InChI is InChI=1S/C27H32N4O7S/c1-17(2)13-21(30-27(34)24-15-18-14-19(37-3)9-10-23(18)38-24)26(33)29-20-7-6-12-31(16-22(20)32)39(35,36)25-8-4-5-11-28-25/h4-5,8-11,14-15,17,20-21H,6-7,12-13,16H2,1-3H3,(H,29,33)(H,30,34)/t20-,21+/m1/s1. The zero-order chi connectivity index (χ0) is 28.2. The third kappa shape index (κ3) is 6.63. The van der Waals surface area contributed by atoms with Crippen LogP contribution in [0.4, 0.5) is 0 Å². The number of ketones is 1. The van der Waals surface area contributed by atoms with Crippen LogP contribution < -0.4 is 15.4 Å². The molecule has 3 aromatic rings. The van der Waals surface area contributed by atoms with Gasteiger partial charge in [-0.05, 0) is 61.6 Å². The zero-order valence-electron chi connectivity index (χ0n) is 22.0. The van der Waals surface area contributed by atoms with Crippen molar-refractivity contribution in [1.29, 1.82) is 0 Å². The quantitative estimate of drug-likeness (QED) is 0.409. The highest BCUT2D eigenvalue weighted by atomic mass is 32.2. The van der Waals surface area contributed by atoms with Crippen molar-refractivity contribution >= 4 is 38.6 Å². The van der Waals surface area contributed by atoms with Gasteiger partial charge in [-0.2, -0.15) is 4.31 Å². The number of carbonyl (C=O) groups is 3. The van der Waals surface area contributed by atoms with Crippen LogP contribution in [0.3, 0.4) is 0 Å². The van der Waals surface area contributed by atoms with Crippen molar-refractivity contribution in [1.82, 2.24) is 19.9 Å². The van der Waals surface area contributed by atoms with E-state index in [1.54, 1.807) is 43.5 Å². The Morgan fingerprint density at radius 2 is 2.00 bits per heavy atom. The van der Waals surface area contributed by atoms with Crippen LogP contribution in [-0.4, -0.2) is 67.6 Å². The summed E-state index contributed by atoms with van der Waals surface area (Å²) in [6, 6.07) is 9.46. The van der Waals surface area contributed by atoms with Gasteiger partial charge < -0.3 is 19.8 Å². The number of benzene rings is 1. The normalized spacial score (nSPS) is 17.5. The summed E-state index contributed by atoms with van der Waals surface area (Å²) >= 11 is 0. The minimum atomic E-state index is -3.95. The van der Waals surface area contributed by atoms with E-state index < -0.39 is 39.7 Å². The fraction of sp³-hybridized carbons (Fsp3) is 0.407. The van der Waals surface area contributed by atoms with Gasteiger partial charge in [0.2, 0.25) is 5.91 Å². The van der Waals surface area contributed by atoms with Gasteiger partial charge in [0.15, 0.2) is 16.6 Å². The van der Waals surface area contributed by atoms with Crippen LogP contribution in [0, 0.1) is 5.92 Å². The van der Waals surface area contributed by atoms with E-state index >= 15 is 0 Å². The van der Waals surface area contributed by atoms with Gasteiger partial charge >= 0.3 is 0 Å². The maximum absolute atomic E-state index is 13.3. The van der Waals surface area contributed by atoms with E-state index in [-0.39, 0.29) is 36.2 Å². The van der Waals surface area contributed by atoms with Crippen molar-refractivity contribution in [2.75, 3.05) is 20.2 Å². The van der Waals surface area contributed by atoms with Crippen molar-refractivity contribution < 1.29 is 32.0 Å². The molecule has 0 radical (unpaired) electrons. The number of Topliss-reactive ketones (excluding diaryl/α,β-unsaturated/α-hetero) is 1. The molecule has 12 heteroatoms. The molecule has 1 fully saturated rings. The first kappa shape index (κ1) is 28.2. The van der Waals surface area contributed by atoms with E-state index in [4.69, 9.17) is 9.15 Å². The molecular formula is C27H32N4O7S. The number of nitrogens with zero attached hydrogens (tertiary/aromatic N) is 2. The first-order chi connectivity index (χ1) is 18.6. The molecular weight excluding hydrogens is 524 g/mol. The molecule has 1 aromatic carbocycles. The largest absolute Gasteiger partial charge is 0.497 e.